The zero-order chi connectivity index (χ0) is 16.8. The molecule has 23 heavy (non-hydrogen) atoms. The number of hydrogen-bond donors (Lipinski definition) is 0. The number of amides is 1. The summed E-state index contributed by atoms with van der Waals surface area (Å²) in [5.74, 6) is 2.20. The van der Waals surface area contributed by atoms with E-state index < -0.39 is 0 Å². The van der Waals surface area contributed by atoms with Gasteiger partial charge in [-0.05, 0) is 24.1 Å². The van der Waals surface area contributed by atoms with Crippen LogP contribution < -0.4 is 14.2 Å². The van der Waals surface area contributed by atoms with Crippen LogP contribution in [0.25, 0.3) is 0 Å². The lowest BCUT2D eigenvalue weighted by molar-refractivity contribution is -0.129. The Morgan fingerprint density at radius 1 is 1.13 bits per heavy atom. The molecule has 1 amide bonds. The Kier molecular flexibility index (Phi) is 6.10. The third-order valence-corrected chi connectivity index (χ3v) is 4.12. The first kappa shape index (κ1) is 17.4. The average Bonchev–Trinajstić information content (AvgIpc) is 3.03. The van der Waals surface area contributed by atoms with Crippen molar-refractivity contribution >= 4 is 5.91 Å². The van der Waals surface area contributed by atoms with E-state index in [4.69, 9.17) is 18.9 Å². The van der Waals surface area contributed by atoms with Crippen molar-refractivity contribution in [2.75, 3.05) is 48.1 Å². The van der Waals surface area contributed by atoms with Gasteiger partial charge in [0.15, 0.2) is 11.5 Å². The molecule has 1 unspecified atom stereocenters. The molecule has 0 bridgehead atoms. The number of methoxy groups -OCH3 is 4. The number of benzene rings is 1. The number of ether oxygens (including phenoxy) is 4. The first-order valence-electron chi connectivity index (χ1n) is 7.68. The summed E-state index contributed by atoms with van der Waals surface area (Å²) in [7, 11) is 6.39. The van der Waals surface area contributed by atoms with E-state index in [1.807, 2.05) is 17.0 Å². The highest BCUT2D eigenvalue weighted by Gasteiger charge is 2.26. The molecule has 6 nitrogen and oxygen atoms in total. The molecule has 0 N–H and O–H groups in total. The van der Waals surface area contributed by atoms with E-state index in [9.17, 15) is 4.79 Å². The Hall–Kier alpha value is -1.95. The van der Waals surface area contributed by atoms with E-state index in [-0.39, 0.29) is 5.91 Å². The van der Waals surface area contributed by atoms with Gasteiger partial charge in [0, 0.05) is 26.1 Å². The molecule has 6 heteroatoms. The van der Waals surface area contributed by atoms with Gasteiger partial charge in [-0.1, -0.05) is 0 Å². The molecular weight excluding hydrogens is 298 g/mol. The number of carbonyl (C=O) groups is 1. The van der Waals surface area contributed by atoms with E-state index in [1.165, 1.54) is 0 Å². The highest BCUT2D eigenvalue weighted by atomic mass is 16.5. The summed E-state index contributed by atoms with van der Waals surface area (Å²) in [5, 5.41) is 0. The quantitative estimate of drug-likeness (QED) is 0.765. The van der Waals surface area contributed by atoms with Crippen molar-refractivity contribution < 1.29 is 23.7 Å². The molecule has 1 aliphatic heterocycles. The standard InChI is InChI=1S/C17H25NO5/c1-20-11-12-5-6-18(10-12)16(19)9-13-7-14(21-2)17(23-4)15(8-13)22-3/h7-8,12H,5-6,9-11H2,1-4H3. The third-order valence-electron chi connectivity index (χ3n) is 4.12. The Morgan fingerprint density at radius 2 is 1.78 bits per heavy atom. The normalized spacial score (nSPS) is 17.2. The minimum atomic E-state index is 0.109. The van der Waals surface area contributed by atoms with E-state index >= 15 is 0 Å². The number of rotatable bonds is 7. The van der Waals surface area contributed by atoms with Gasteiger partial charge in [0.05, 0.1) is 34.4 Å². The van der Waals surface area contributed by atoms with Gasteiger partial charge in [-0.3, -0.25) is 4.79 Å². The van der Waals surface area contributed by atoms with Crippen LogP contribution in [0, 0.1) is 5.92 Å². The van der Waals surface area contributed by atoms with E-state index in [0.717, 1.165) is 25.1 Å². The van der Waals surface area contributed by atoms with Crippen LogP contribution in [-0.2, 0) is 16.0 Å². The second-order valence-electron chi connectivity index (χ2n) is 5.66. The zero-order valence-corrected chi connectivity index (χ0v) is 14.3. The van der Waals surface area contributed by atoms with Crippen LogP contribution >= 0.6 is 0 Å². The summed E-state index contributed by atoms with van der Waals surface area (Å²) in [5.41, 5.74) is 0.847. The molecule has 0 aliphatic carbocycles. The summed E-state index contributed by atoms with van der Waals surface area (Å²) >= 11 is 0. The minimum absolute atomic E-state index is 0.109. The molecule has 1 atom stereocenters. The van der Waals surface area contributed by atoms with Gasteiger partial charge in [-0.2, -0.15) is 0 Å². The molecule has 1 fully saturated rings. The predicted molar refractivity (Wildman–Crippen MR) is 86.4 cm³/mol. The van der Waals surface area contributed by atoms with Gasteiger partial charge in [0.2, 0.25) is 11.7 Å². The Bertz CT molecular complexity index is 521. The second-order valence-corrected chi connectivity index (χ2v) is 5.66. The average molecular weight is 323 g/mol. The highest BCUT2D eigenvalue weighted by molar-refractivity contribution is 5.79. The van der Waals surface area contributed by atoms with Gasteiger partial charge in [-0.15, -0.1) is 0 Å². The molecule has 1 aromatic rings. The fourth-order valence-corrected chi connectivity index (χ4v) is 2.95. The maximum Gasteiger partial charge on any atom is 0.227 e. The van der Waals surface area contributed by atoms with Crippen molar-refractivity contribution in [3.63, 3.8) is 0 Å². The maximum absolute atomic E-state index is 12.5. The van der Waals surface area contributed by atoms with Crippen molar-refractivity contribution in [1.82, 2.24) is 4.90 Å². The van der Waals surface area contributed by atoms with Gasteiger partial charge in [0.25, 0.3) is 0 Å². The number of likely N-dealkylation sites (tertiary alicyclic amines) is 1. The molecule has 0 saturated carbocycles. The highest BCUT2D eigenvalue weighted by Crippen LogP contribution is 2.38. The molecule has 1 aromatic carbocycles. The molecule has 0 radical (unpaired) electrons. The first-order valence-corrected chi connectivity index (χ1v) is 7.68. The van der Waals surface area contributed by atoms with Gasteiger partial charge in [-0.25, -0.2) is 0 Å². The van der Waals surface area contributed by atoms with Crippen LogP contribution in [-0.4, -0.2) is 58.9 Å². The van der Waals surface area contributed by atoms with Gasteiger partial charge >= 0.3 is 0 Å². The Balaban J connectivity index is 2.09. The summed E-state index contributed by atoms with van der Waals surface area (Å²) in [4.78, 5) is 14.4. The van der Waals surface area contributed by atoms with Crippen LogP contribution in [0.5, 0.6) is 17.2 Å². The molecule has 0 aromatic heterocycles. The van der Waals surface area contributed by atoms with Crippen LogP contribution in [0.15, 0.2) is 12.1 Å². The van der Waals surface area contributed by atoms with Gasteiger partial charge < -0.3 is 23.8 Å². The second kappa shape index (κ2) is 8.06. The molecular formula is C17H25NO5. The molecule has 1 saturated heterocycles. The SMILES string of the molecule is COCC1CCN(C(=O)Cc2cc(OC)c(OC)c(OC)c2)C1. The number of carbonyl (C=O) groups excluding carboxylic acids is 1. The van der Waals surface area contributed by atoms with Crippen LogP contribution in [0.2, 0.25) is 0 Å². The third kappa shape index (κ3) is 4.07. The van der Waals surface area contributed by atoms with Crippen LogP contribution in [0.3, 0.4) is 0 Å². The fourth-order valence-electron chi connectivity index (χ4n) is 2.95. The lowest BCUT2D eigenvalue weighted by Crippen LogP contribution is -2.30. The number of hydrogen-bond acceptors (Lipinski definition) is 5. The topological polar surface area (TPSA) is 57.2 Å². The lowest BCUT2D eigenvalue weighted by atomic mass is 10.1. The molecule has 2 rings (SSSR count). The van der Waals surface area contributed by atoms with Crippen molar-refractivity contribution in [1.29, 1.82) is 0 Å². The first-order chi connectivity index (χ1) is 11.1. The van der Waals surface area contributed by atoms with Crippen molar-refractivity contribution in [3.8, 4) is 17.2 Å². The van der Waals surface area contributed by atoms with Crippen molar-refractivity contribution in [2.24, 2.45) is 5.92 Å². The summed E-state index contributed by atoms with van der Waals surface area (Å²) in [6, 6.07) is 3.64. The predicted octanol–water partition coefficient (Wildman–Crippen LogP) is 1.75. The zero-order valence-electron chi connectivity index (χ0n) is 14.3. The van der Waals surface area contributed by atoms with Crippen molar-refractivity contribution in [2.45, 2.75) is 12.8 Å². The van der Waals surface area contributed by atoms with E-state index in [0.29, 0.717) is 36.2 Å². The summed E-state index contributed by atoms with van der Waals surface area (Å²) < 4.78 is 21.1. The fraction of sp³-hybridized carbons (Fsp3) is 0.588. The monoisotopic (exact) mass is 323 g/mol. The van der Waals surface area contributed by atoms with E-state index in [2.05, 4.69) is 0 Å². The van der Waals surface area contributed by atoms with Crippen LogP contribution in [0.4, 0.5) is 0 Å². The Labute approximate surface area is 137 Å². The van der Waals surface area contributed by atoms with E-state index in [1.54, 1.807) is 28.4 Å². The summed E-state index contributed by atoms with van der Waals surface area (Å²) in [6.45, 7) is 2.25. The van der Waals surface area contributed by atoms with Gasteiger partial charge in [0.1, 0.15) is 0 Å². The minimum Gasteiger partial charge on any atom is -0.493 e. The molecule has 1 aliphatic rings. The maximum atomic E-state index is 12.5. The Morgan fingerprint density at radius 3 is 2.30 bits per heavy atom. The largest absolute Gasteiger partial charge is 0.493 e. The lowest BCUT2D eigenvalue weighted by Gasteiger charge is -2.18. The molecule has 0 spiro atoms. The smallest absolute Gasteiger partial charge is 0.227 e. The van der Waals surface area contributed by atoms with Crippen LogP contribution in [0.1, 0.15) is 12.0 Å². The summed E-state index contributed by atoms with van der Waals surface area (Å²) in [6.07, 6.45) is 1.31. The molecule has 1 heterocycles. The number of nitrogens with zero attached hydrogens (tertiary/aromatic N) is 1. The molecule has 128 valence electrons. The van der Waals surface area contributed by atoms with Crippen molar-refractivity contribution in [3.05, 3.63) is 17.7 Å².